The van der Waals surface area contributed by atoms with E-state index in [1.807, 2.05) is 24.3 Å². The van der Waals surface area contributed by atoms with Crippen molar-refractivity contribution in [2.75, 3.05) is 52.2 Å². The summed E-state index contributed by atoms with van der Waals surface area (Å²) in [4.78, 5) is 24.3. The molecule has 4 aromatic rings. The number of para-hydroxylation sites is 2. The third kappa shape index (κ3) is 9.96. The van der Waals surface area contributed by atoms with Crippen LogP contribution >= 0.6 is 0 Å². The number of carbonyl (C=O) groups is 2. The molecule has 0 aromatic heterocycles. The normalized spacial score (nSPS) is 11.2. The highest BCUT2D eigenvalue weighted by molar-refractivity contribution is 5.96. The second kappa shape index (κ2) is 17.4. The van der Waals surface area contributed by atoms with E-state index in [2.05, 4.69) is 123 Å². The van der Waals surface area contributed by atoms with Crippen molar-refractivity contribution in [2.45, 2.75) is 26.7 Å². The fraction of sp³-hybridized carbons (Fsp3) is 0.250. The molecule has 240 valence electrons. The molecule has 0 unspecified atom stereocenters. The molecule has 4 aromatic carbocycles. The number of methoxy groups -OCH3 is 2. The van der Waals surface area contributed by atoms with Crippen molar-refractivity contribution in [3.05, 3.63) is 131 Å². The number of nitrogens with zero attached hydrogens (tertiary/aromatic N) is 2. The van der Waals surface area contributed by atoms with Crippen LogP contribution in [-0.4, -0.2) is 54.0 Å². The Morgan fingerprint density at radius 1 is 0.565 bits per heavy atom. The zero-order valence-electron chi connectivity index (χ0n) is 28.3. The maximum absolute atomic E-state index is 10.0. The van der Waals surface area contributed by atoms with E-state index in [4.69, 9.17) is 9.47 Å². The van der Waals surface area contributed by atoms with Gasteiger partial charge in [-0.15, -0.1) is 0 Å². The summed E-state index contributed by atoms with van der Waals surface area (Å²) >= 11 is 0. The van der Waals surface area contributed by atoms with Crippen LogP contribution < -0.4 is 19.3 Å². The van der Waals surface area contributed by atoms with Crippen molar-refractivity contribution in [1.29, 1.82) is 0 Å². The number of benzene rings is 4. The standard InChI is InChI=1S/C35H38N2O2.C5H8O2/c1-36(2)28-22-18-26(19-23-28)30(32-12-7-9-16-34(32)38-5)14-11-15-31(33-13-8-10-17-35(33)39-6)27-20-24-29(25-21-27)37(3)4;1-4(6)3-5(2)7/h7-10,12-25H,11H2,1-6H3;3H2,1-2H3. The molecule has 0 N–H and O–H groups in total. The smallest absolute Gasteiger partial charge is 0.137 e. The lowest BCUT2D eigenvalue weighted by Crippen LogP contribution is -2.08. The average molecular weight is 619 g/mol. The molecule has 0 radical (unpaired) electrons. The van der Waals surface area contributed by atoms with Crippen LogP contribution in [0.25, 0.3) is 11.1 Å². The topological polar surface area (TPSA) is 59.1 Å². The van der Waals surface area contributed by atoms with Crippen LogP contribution in [0.5, 0.6) is 11.5 Å². The number of carbonyl (C=O) groups excluding carboxylic acids is 2. The van der Waals surface area contributed by atoms with Gasteiger partial charge < -0.3 is 19.3 Å². The third-order valence-electron chi connectivity index (χ3n) is 7.33. The van der Waals surface area contributed by atoms with Crippen molar-refractivity contribution >= 4 is 34.1 Å². The molecule has 46 heavy (non-hydrogen) atoms. The average Bonchev–Trinajstić information content (AvgIpc) is 3.05. The summed E-state index contributed by atoms with van der Waals surface area (Å²) in [7, 11) is 11.7. The number of ketones is 2. The number of allylic oxidation sites excluding steroid dienone is 2. The van der Waals surface area contributed by atoms with Gasteiger partial charge in [0.25, 0.3) is 0 Å². The Labute approximate surface area is 274 Å². The van der Waals surface area contributed by atoms with Gasteiger partial charge in [0.2, 0.25) is 0 Å². The molecular formula is C40H46N2O4. The van der Waals surface area contributed by atoms with E-state index in [9.17, 15) is 9.59 Å². The predicted octanol–water partition coefficient (Wildman–Crippen LogP) is 8.34. The van der Waals surface area contributed by atoms with Gasteiger partial charge in [0.05, 0.1) is 20.6 Å². The lowest BCUT2D eigenvalue weighted by atomic mass is 9.93. The Kier molecular flexibility index (Phi) is 13.4. The Morgan fingerprint density at radius 3 is 1.20 bits per heavy atom. The van der Waals surface area contributed by atoms with E-state index in [0.29, 0.717) is 0 Å². The Bertz CT molecular complexity index is 1530. The van der Waals surface area contributed by atoms with Gasteiger partial charge in [0, 0.05) is 50.7 Å². The van der Waals surface area contributed by atoms with E-state index < -0.39 is 0 Å². The highest BCUT2D eigenvalue weighted by Crippen LogP contribution is 2.35. The fourth-order valence-corrected chi connectivity index (χ4v) is 5.02. The first kappa shape index (κ1) is 35.4. The Hall–Kier alpha value is -5.10. The first-order valence-corrected chi connectivity index (χ1v) is 15.3. The molecule has 0 amide bonds. The number of anilines is 2. The first-order chi connectivity index (χ1) is 22.0. The summed E-state index contributed by atoms with van der Waals surface area (Å²) in [6.45, 7) is 2.81. The number of ether oxygens (including phenoxy) is 2. The van der Waals surface area contributed by atoms with Crippen LogP contribution in [0.4, 0.5) is 11.4 Å². The van der Waals surface area contributed by atoms with Gasteiger partial charge in [-0.2, -0.15) is 0 Å². The maximum atomic E-state index is 10.0. The maximum Gasteiger partial charge on any atom is 0.137 e. The summed E-state index contributed by atoms with van der Waals surface area (Å²) in [5.41, 5.74) is 9.03. The SMILES string of the molecule is CC(=O)CC(C)=O.COc1ccccc1C(=CCC=C(c1ccc(N(C)C)cc1)c1ccccc1OC)c1ccc(N(C)C)cc1. The fourth-order valence-electron chi connectivity index (χ4n) is 5.02. The molecule has 0 aliphatic carbocycles. The minimum atomic E-state index is -0.0625. The minimum Gasteiger partial charge on any atom is -0.496 e. The lowest BCUT2D eigenvalue weighted by molar-refractivity contribution is -0.124. The third-order valence-corrected chi connectivity index (χ3v) is 7.33. The van der Waals surface area contributed by atoms with Crippen LogP contribution in [0, 0.1) is 0 Å². The van der Waals surface area contributed by atoms with Gasteiger partial charge in [-0.1, -0.05) is 72.8 Å². The Morgan fingerprint density at radius 2 is 0.913 bits per heavy atom. The molecule has 0 heterocycles. The van der Waals surface area contributed by atoms with Gasteiger partial charge in [-0.3, -0.25) is 9.59 Å². The molecule has 0 atom stereocenters. The van der Waals surface area contributed by atoms with E-state index in [0.717, 1.165) is 62.7 Å². The highest BCUT2D eigenvalue weighted by Gasteiger charge is 2.13. The summed E-state index contributed by atoms with van der Waals surface area (Å²) in [5.74, 6) is 1.59. The molecule has 0 saturated heterocycles. The molecule has 0 fully saturated rings. The molecule has 6 heteroatoms. The zero-order chi connectivity index (χ0) is 33.6. The number of rotatable bonds is 12. The molecule has 0 saturated carbocycles. The van der Waals surface area contributed by atoms with Gasteiger partial charge in [-0.05, 0) is 78.9 Å². The number of Topliss-reactive ketones (excluding diaryl/α,β-unsaturated/α-hetero) is 2. The number of hydrogen-bond donors (Lipinski definition) is 0. The molecule has 4 rings (SSSR count). The van der Waals surface area contributed by atoms with Crippen LogP contribution in [0.15, 0.2) is 109 Å². The van der Waals surface area contributed by atoms with Gasteiger partial charge in [0.1, 0.15) is 23.1 Å². The Balaban J connectivity index is 0.000000738. The highest BCUT2D eigenvalue weighted by atomic mass is 16.5. The first-order valence-electron chi connectivity index (χ1n) is 15.3. The summed E-state index contributed by atoms with van der Waals surface area (Å²) in [6, 6.07) is 33.7. The van der Waals surface area contributed by atoms with Crippen molar-refractivity contribution < 1.29 is 19.1 Å². The van der Waals surface area contributed by atoms with E-state index in [1.54, 1.807) is 14.2 Å². The minimum absolute atomic E-state index is 0.0625. The van der Waals surface area contributed by atoms with Gasteiger partial charge in [0.15, 0.2) is 0 Å². The lowest BCUT2D eigenvalue weighted by Gasteiger charge is -2.17. The molecule has 0 aliphatic rings. The molecule has 6 nitrogen and oxygen atoms in total. The van der Waals surface area contributed by atoms with Gasteiger partial charge >= 0.3 is 0 Å². The van der Waals surface area contributed by atoms with Crippen molar-refractivity contribution in [1.82, 2.24) is 0 Å². The van der Waals surface area contributed by atoms with Crippen LogP contribution in [0.2, 0.25) is 0 Å². The summed E-state index contributed by atoms with van der Waals surface area (Å²) < 4.78 is 11.5. The van der Waals surface area contributed by atoms with Crippen molar-refractivity contribution in [3.8, 4) is 11.5 Å². The van der Waals surface area contributed by atoms with E-state index in [-0.39, 0.29) is 18.0 Å². The van der Waals surface area contributed by atoms with Crippen LogP contribution in [0.3, 0.4) is 0 Å². The monoisotopic (exact) mass is 618 g/mol. The summed E-state index contributed by atoms with van der Waals surface area (Å²) in [5, 5.41) is 0. The number of hydrogen-bond acceptors (Lipinski definition) is 6. The van der Waals surface area contributed by atoms with Crippen LogP contribution in [-0.2, 0) is 9.59 Å². The second-order valence-corrected chi connectivity index (χ2v) is 11.3. The molecular weight excluding hydrogens is 572 g/mol. The van der Waals surface area contributed by atoms with Crippen molar-refractivity contribution in [3.63, 3.8) is 0 Å². The van der Waals surface area contributed by atoms with Gasteiger partial charge in [-0.25, -0.2) is 0 Å². The molecule has 0 aliphatic heterocycles. The largest absolute Gasteiger partial charge is 0.496 e. The quantitative estimate of drug-likeness (QED) is 0.149. The van der Waals surface area contributed by atoms with Crippen molar-refractivity contribution in [2.24, 2.45) is 0 Å². The summed E-state index contributed by atoms with van der Waals surface area (Å²) in [6.07, 6.45) is 5.38. The molecule has 0 bridgehead atoms. The second-order valence-electron chi connectivity index (χ2n) is 11.3. The molecule has 0 spiro atoms. The van der Waals surface area contributed by atoms with E-state index >= 15 is 0 Å². The van der Waals surface area contributed by atoms with E-state index in [1.165, 1.54) is 13.8 Å². The zero-order valence-corrected chi connectivity index (χ0v) is 28.3. The predicted molar refractivity (Wildman–Crippen MR) is 192 cm³/mol. The van der Waals surface area contributed by atoms with Crippen LogP contribution in [0.1, 0.15) is 48.9 Å².